The summed E-state index contributed by atoms with van der Waals surface area (Å²) in [5, 5.41) is 0. The quantitative estimate of drug-likeness (QED) is 0.642. The van der Waals surface area contributed by atoms with Crippen LogP contribution in [0.25, 0.3) is 0 Å². The maximum atomic E-state index is 12.7. The number of carbonyl (C=O) groups excluding carboxylic acids is 1. The Balaban J connectivity index is 1.83. The zero-order valence-electron chi connectivity index (χ0n) is 16.6. The van der Waals surface area contributed by atoms with E-state index in [-0.39, 0.29) is 16.9 Å². The molecule has 0 bridgehead atoms. The first kappa shape index (κ1) is 21.3. The highest BCUT2D eigenvalue weighted by atomic mass is 32.2. The van der Waals surface area contributed by atoms with Gasteiger partial charge in [0.15, 0.2) is 6.10 Å². The van der Waals surface area contributed by atoms with E-state index in [0.717, 1.165) is 5.56 Å². The molecular weight excluding hydrogens is 390 g/mol. The van der Waals surface area contributed by atoms with E-state index >= 15 is 0 Å². The Labute approximate surface area is 171 Å². The first-order valence-electron chi connectivity index (χ1n) is 9.62. The molecule has 0 radical (unpaired) electrons. The number of nitrogens with zero attached hydrogens (tertiary/aromatic N) is 1. The molecule has 156 valence electrons. The lowest BCUT2D eigenvalue weighted by Crippen LogP contribution is -2.55. The van der Waals surface area contributed by atoms with Gasteiger partial charge in [0.1, 0.15) is 6.17 Å². The molecule has 3 rings (SSSR count). The molecule has 1 amide bonds. The summed E-state index contributed by atoms with van der Waals surface area (Å²) < 4.78 is 33.3. The van der Waals surface area contributed by atoms with Crippen molar-refractivity contribution in [2.24, 2.45) is 11.7 Å². The number of rotatable bonds is 8. The Morgan fingerprint density at radius 3 is 2.24 bits per heavy atom. The van der Waals surface area contributed by atoms with Crippen LogP contribution in [0.3, 0.4) is 0 Å². The predicted octanol–water partition coefficient (Wildman–Crippen LogP) is 2.34. The van der Waals surface area contributed by atoms with Crippen molar-refractivity contribution in [1.82, 2.24) is 9.62 Å². The molecule has 0 spiro atoms. The van der Waals surface area contributed by atoms with Crippen LogP contribution >= 0.6 is 0 Å². The van der Waals surface area contributed by atoms with E-state index in [1.165, 1.54) is 12.1 Å². The average Bonchev–Trinajstić information content (AvgIpc) is 2.98. The number of sulfonamides is 1. The molecular formula is C21H27N3O4S. The van der Waals surface area contributed by atoms with Crippen LogP contribution in [0, 0.1) is 5.92 Å². The number of carbonyl (C=O) groups is 1. The highest BCUT2D eigenvalue weighted by molar-refractivity contribution is 7.89. The van der Waals surface area contributed by atoms with Crippen molar-refractivity contribution < 1.29 is 17.9 Å². The second-order valence-electron chi connectivity index (χ2n) is 7.61. The van der Waals surface area contributed by atoms with Gasteiger partial charge in [-0.05, 0) is 30.0 Å². The molecule has 29 heavy (non-hydrogen) atoms. The predicted molar refractivity (Wildman–Crippen MR) is 110 cm³/mol. The molecule has 0 aliphatic carbocycles. The largest absolute Gasteiger partial charge is 0.441 e. The fraction of sp³-hybridized carbons (Fsp3) is 0.381. The van der Waals surface area contributed by atoms with Crippen molar-refractivity contribution in [3.05, 3.63) is 66.2 Å². The fourth-order valence-corrected chi connectivity index (χ4v) is 4.63. The summed E-state index contributed by atoms with van der Waals surface area (Å²) in [5.41, 5.74) is 7.23. The summed E-state index contributed by atoms with van der Waals surface area (Å²) in [5.74, 6) is 0.233. The van der Waals surface area contributed by atoms with Gasteiger partial charge in [-0.2, -0.15) is 4.72 Å². The van der Waals surface area contributed by atoms with Crippen molar-refractivity contribution in [2.45, 2.75) is 43.5 Å². The minimum atomic E-state index is -3.84. The molecule has 1 aliphatic rings. The third-order valence-corrected chi connectivity index (χ3v) is 6.27. The lowest BCUT2D eigenvalue weighted by molar-refractivity contribution is 0.111. The molecule has 1 aliphatic heterocycles. The van der Waals surface area contributed by atoms with Crippen molar-refractivity contribution >= 4 is 16.1 Å². The topological polar surface area (TPSA) is 102 Å². The van der Waals surface area contributed by atoms with E-state index < -0.39 is 28.4 Å². The van der Waals surface area contributed by atoms with Gasteiger partial charge in [-0.15, -0.1) is 0 Å². The molecule has 2 aromatic carbocycles. The van der Waals surface area contributed by atoms with Crippen LogP contribution in [-0.4, -0.2) is 44.3 Å². The molecule has 8 heteroatoms. The summed E-state index contributed by atoms with van der Waals surface area (Å²) in [4.78, 5) is 14.3. The number of amides is 1. The molecule has 1 heterocycles. The Morgan fingerprint density at radius 1 is 1.07 bits per heavy atom. The molecule has 0 saturated carbocycles. The van der Waals surface area contributed by atoms with E-state index in [9.17, 15) is 13.2 Å². The summed E-state index contributed by atoms with van der Waals surface area (Å²) >= 11 is 0. The number of cyclic esters (lactones) is 1. The Kier molecular flexibility index (Phi) is 6.56. The molecule has 3 atom stereocenters. The first-order valence-corrected chi connectivity index (χ1v) is 11.1. The van der Waals surface area contributed by atoms with Crippen LogP contribution in [0.4, 0.5) is 4.79 Å². The van der Waals surface area contributed by atoms with Crippen LogP contribution in [0.1, 0.15) is 19.4 Å². The monoisotopic (exact) mass is 417 g/mol. The maximum Gasteiger partial charge on any atom is 0.410 e. The zero-order chi connectivity index (χ0) is 21.0. The number of nitrogens with two attached hydrogens (primary N) is 1. The summed E-state index contributed by atoms with van der Waals surface area (Å²) in [7, 11) is -3.84. The van der Waals surface area contributed by atoms with Crippen LogP contribution in [0.2, 0.25) is 0 Å². The van der Waals surface area contributed by atoms with E-state index in [1.54, 1.807) is 23.1 Å². The minimum Gasteiger partial charge on any atom is -0.441 e. The highest BCUT2D eigenvalue weighted by Crippen LogP contribution is 2.26. The third kappa shape index (κ3) is 5.14. The molecule has 1 unspecified atom stereocenters. The smallest absolute Gasteiger partial charge is 0.410 e. The van der Waals surface area contributed by atoms with Gasteiger partial charge in [-0.25, -0.2) is 13.2 Å². The van der Waals surface area contributed by atoms with Gasteiger partial charge in [0, 0.05) is 6.54 Å². The second kappa shape index (κ2) is 8.94. The van der Waals surface area contributed by atoms with Gasteiger partial charge < -0.3 is 15.4 Å². The van der Waals surface area contributed by atoms with E-state index in [0.29, 0.717) is 13.0 Å². The van der Waals surface area contributed by atoms with Gasteiger partial charge in [-0.1, -0.05) is 62.4 Å². The van der Waals surface area contributed by atoms with Crippen molar-refractivity contribution in [3.63, 3.8) is 0 Å². The Bertz CT molecular complexity index is 919. The maximum absolute atomic E-state index is 12.7. The standard InChI is InChI=1S/C21H27N3O4S/c1-15(2)14-24-18(13-16-9-5-3-6-10-16)19(28-21(24)25)20(22)23-29(26,27)17-11-7-4-8-12-17/h3-12,15,18-20,23H,13-14,22H2,1-2H3/t18-,19+,20?/m0/s1. The molecule has 7 nitrogen and oxygen atoms in total. The van der Waals surface area contributed by atoms with Crippen molar-refractivity contribution in [1.29, 1.82) is 0 Å². The van der Waals surface area contributed by atoms with Gasteiger partial charge >= 0.3 is 6.09 Å². The molecule has 1 fully saturated rings. The lowest BCUT2D eigenvalue weighted by Gasteiger charge is -2.29. The minimum absolute atomic E-state index is 0.110. The number of hydrogen-bond acceptors (Lipinski definition) is 5. The van der Waals surface area contributed by atoms with Crippen LogP contribution in [-0.2, 0) is 21.2 Å². The van der Waals surface area contributed by atoms with Crippen LogP contribution in [0.15, 0.2) is 65.6 Å². The molecule has 0 aromatic heterocycles. The average molecular weight is 418 g/mol. The Morgan fingerprint density at radius 2 is 1.66 bits per heavy atom. The van der Waals surface area contributed by atoms with E-state index in [4.69, 9.17) is 10.5 Å². The zero-order valence-corrected chi connectivity index (χ0v) is 17.4. The molecule has 3 N–H and O–H groups in total. The van der Waals surface area contributed by atoms with Crippen LogP contribution < -0.4 is 10.5 Å². The Hall–Kier alpha value is -2.42. The second-order valence-corrected chi connectivity index (χ2v) is 9.33. The summed E-state index contributed by atoms with van der Waals surface area (Å²) in [6.07, 6.45) is -1.83. The van der Waals surface area contributed by atoms with E-state index in [2.05, 4.69) is 4.72 Å². The van der Waals surface area contributed by atoms with Crippen molar-refractivity contribution in [3.8, 4) is 0 Å². The van der Waals surface area contributed by atoms with E-state index in [1.807, 2.05) is 44.2 Å². The number of nitrogens with one attached hydrogen (secondary N) is 1. The number of ether oxygens (including phenoxy) is 1. The SMILES string of the molecule is CC(C)CN1C(=O)O[C@@H](C(N)NS(=O)(=O)c2ccccc2)[C@@H]1Cc1ccccc1. The molecule has 1 saturated heterocycles. The van der Waals surface area contributed by atoms with Gasteiger partial charge in [0.05, 0.1) is 10.9 Å². The normalized spacial score (nSPS) is 20.7. The number of hydrogen-bond donors (Lipinski definition) is 2. The first-order chi connectivity index (χ1) is 13.8. The van der Waals surface area contributed by atoms with Crippen molar-refractivity contribution in [2.75, 3.05) is 6.54 Å². The van der Waals surface area contributed by atoms with Crippen LogP contribution in [0.5, 0.6) is 0 Å². The summed E-state index contributed by atoms with van der Waals surface area (Å²) in [6.45, 7) is 4.53. The fourth-order valence-electron chi connectivity index (χ4n) is 3.49. The van der Waals surface area contributed by atoms with Gasteiger partial charge in [-0.3, -0.25) is 0 Å². The van der Waals surface area contributed by atoms with Gasteiger partial charge in [0.25, 0.3) is 0 Å². The lowest BCUT2D eigenvalue weighted by atomic mass is 9.98. The molecule has 2 aromatic rings. The third-order valence-electron chi connectivity index (χ3n) is 4.80. The number of benzene rings is 2. The van der Waals surface area contributed by atoms with Gasteiger partial charge in [0.2, 0.25) is 10.0 Å². The summed E-state index contributed by atoms with van der Waals surface area (Å²) in [6, 6.07) is 17.3. The highest BCUT2D eigenvalue weighted by Gasteiger charge is 2.45.